The molecule has 0 aromatic heterocycles. The molecule has 1 atom stereocenters. The molecule has 114 valence electrons. The van der Waals surface area contributed by atoms with Crippen molar-refractivity contribution in [2.45, 2.75) is 51.1 Å². The maximum Gasteiger partial charge on any atom is 0.255 e. The van der Waals surface area contributed by atoms with E-state index < -0.39 is 0 Å². The van der Waals surface area contributed by atoms with Crippen LogP contribution in [0.3, 0.4) is 0 Å². The molecular formula is C19H20BrNO. The van der Waals surface area contributed by atoms with E-state index in [4.69, 9.17) is 0 Å². The fourth-order valence-corrected chi connectivity index (χ4v) is 4.85. The fraction of sp³-hybridized carbons (Fsp3) is 0.421. The Labute approximate surface area is 139 Å². The molecule has 1 unspecified atom stereocenters. The first-order valence-corrected chi connectivity index (χ1v) is 9.01. The molecule has 0 saturated heterocycles. The summed E-state index contributed by atoms with van der Waals surface area (Å²) in [6, 6.07) is 11.0. The van der Waals surface area contributed by atoms with Crippen LogP contribution < -0.4 is 0 Å². The summed E-state index contributed by atoms with van der Waals surface area (Å²) < 4.78 is 1.02. The van der Waals surface area contributed by atoms with Crippen LogP contribution in [0.1, 0.15) is 61.0 Å². The molecule has 2 aliphatic rings. The van der Waals surface area contributed by atoms with Crippen molar-refractivity contribution in [1.29, 1.82) is 0 Å². The quantitative estimate of drug-likeness (QED) is 0.664. The lowest BCUT2D eigenvalue weighted by molar-refractivity contribution is 0.0592. The smallest absolute Gasteiger partial charge is 0.255 e. The van der Waals surface area contributed by atoms with Gasteiger partial charge in [0.15, 0.2) is 0 Å². The Morgan fingerprint density at radius 2 is 1.77 bits per heavy atom. The topological polar surface area (TPSA) is 20.3 Å². The monoisotopic (exact) mass is 357 g/mol. The van der Waals surface area contributed by atoms with E-state index in [9.17, 15) is 4.79 Å². The fourth-order valence-electron chi connectivity index (χ4n) is 4.28. The van der Waals surface area contributed by atoms with Gasteiger partial charge in [0.05, 0.1) is 6.04 Å². The van der Waals surface area contributed by atoms with Crippen molar-refractivity contribution in [3.05, 3.63) is 45.9 Å². The van der Waals surface area contributed by atoms with Crippen LogP contribution in [-0.2, 0) is 0 Å². The van der Waals surface area contributed by atoms with Gasteiger partial charge in [0.25, 0.3) is 5.91 Å². The molecule has 0 N–H and O–H groups in total. The highest BCUT2D eigenvalue weighted by Crippen LogP contribution is 2.43. The number of amides is 1. The van der Waals surface area contributed by atoms with Crippen molar-refractivity contribution in [2.24, 2.45) is 0 Å². The van der Waals surface area contributed by atoms with Gasteiger partial charge in [0.2, 0.25) is 0 Å². The van der Waals surface area contributed by atoms with E-state index in [0.717, 1.165) is 22.9 Å². The first-order chi connectivity index (χ1) is 10.7. The Bertz CT molecular complexity index is 748. The maximum atomic E-state index is 13.0. The largest absolute Gasteiger partial charge is 0.329 e. The van der Waals surface area contributed by atoms with Crippen LogP contribution in [0.15, 0.2) is 34.8 Å². The summed E-state index contributed by atoms with van der Waals surface area (Å²) in [6.45, 7) is 2.19. The Kier molecular flexibility index (Phi) is 3.48. The summed E-state index contributed by atoms with van der Waals surface area (Å²) in [5.74, 6) is 0.223. The van der Waals surface area contributed by atoms with Gasteiger partial charge in [-0.25, -0.2) is 0 Å². The van der Waals surface area contributed by atoms with Crippen molar-refractivity contribution >= 4 is 32.6 Å². The van der Waals surface area contributed by atoms with Crippen LogP contribution in [0.25, 0.3) is 10.8 Å². The molecule has 0 radical (unpaired) electrons. The van der Waals surface area contributed by atoms with Crippen molar-refractivity contribution in [2.75, 3.05) is 0 Å². The van der Waals surface area contributed by atoms with Gasteiger partial charge >= 0.3 is 0 Å². The molecule has 1 heterocycles. The lowest BCUT2D eigenvalue weighted by atomic mass is 9.93. The van der Waals surface area contributed by atoms with E-state index in [0.29, 0.717) is 6.04 Å². The predicted octanol–water partition coefficient (Wildman–Crippen LogP) is 5.45. The molecule has 1 saturated carbocycles. The second-order valence-corrected chi connectivity index (χ2v) is 7.40. The van der Waals surface area contributed by atoms with Crippen molar-refractivity contribution in [1.82, 2.24) is 4.90 Å². The number of rotatable bonds is 1. The van der Waals surface area contributed by atoms with Gasteiger partial charge in [0, 0.05) is 16.1 Å². The first kappa shape index (κ1) is 14.3. The van der Waals surface area contributed by atoms with Crippen molar-refractivity contribution in [3.8, 4) is 0 Å². The summed E-state index contributed by atoms with van der Waals surface area (Å²) in [5.41, 5.74) is 2.11. The van der Waals surface area contributed by atoms with Gasteiger partial charge in [0.1, 0.15) is 0 Å². The lowest BCUT2D eigenvalue weighted by Gasteiger charge is -2.34. The first-order valence-electron chi connectivity index (χ1n) is 8.22. The molecule has 1 aliphatic heterocycles. The number of halogens is 1. The minimum Gasteiger partial charge on any atom is -0.329 e. The minimum absolute atomic E-state index is 0.184. The van der Waals surface area contributed by atoms with E-state index >= 15 is 0 Å². The molecular weight excluding hydrogens is 338 g/mol. The van der Waals surface area contributed by atoms with Gasteiger partial charge in [-0.15, -0.1) is 0 Å². The third-order valence-corrected chi connectivity index (χ3v) is 5.96. The summed E-state index contributed by atoms with van der Waals surface area (Å²) >= 11 is 3.64. The Morgan fingerprint density at radius 1 is 1.09 bits per heavy atom. The number of fused-ring (bicyclic) bond motifs is 3. The molecule has 0 bridgehead atoms. The molecule has 1 fully saturated rings. The molecule has 2 nitrogen and oxygen atoms in total. The van der Waals surface area contributed by atoms with E-state index in [2.05, 4.69) is 52.0 Å². The molecule has 4 rings (SSSR count). The van der Waals surface area contributed by atoms with E-state index in [1.807, 2.05) is 6.07 Å². The summed E-state index contributed by atoms with van der Waals surface area (Å²) in [6.07, 6.45) is 6.13. The van der Waals surface area contributed by atoms with Gasteiger partial charge in [-0.1, -0.05) is 59.5 Å². The van der Waals surface area contributed by atoms with Crippen LogP contribution in [0.2, 0.25) is 0 Å². The SMILES string of the molecule is CC1c2c(cc(Br)c3ccccc23)C(=O)N1C1CCCCC1. The van der Waals surface area contributed by atoms with Crippen molar-refractivity contribution in [3.63, 3.8) is 0 Å². The molecule has 2 aromatic rings. The lowest BCUT2D eigenvalue weighted by Crippen LogP contribution is -2.38. The van der Waals surface area contributed by atoms with Crippen LogP contribution in [0.4, 0.5) is 0 Å². The number of carbonyl (C=O) groups excluding carboxylic acids is 1. The van der Waals surface area contributed by atoms with E-state index in [1.165, 1.54) is 35.6 Å². The third kappa shape index (κ3) is 2.02. The third-order valence-electron chi connectivity index (χ3n) is 5.30. The Balaban J connectivity index is 1.86. The molecule has 2 aromatic carbocycles. The summed E-state index contributed by atoms with van der Waals surface area (Å²) in [5, 5.41) is 2.41. The van der Waals surface area contributed by atoms with Gasteiger partial charge in [-0.3, -0.25) is 4.79 Å². The summed E-state index contributed by atoms with van der Waals surface area (Å²) in [7, 11) is 0. The number of hydrogen-bond acceptors (Lipinski definition) is 1. The van der Waals surface area contributed by atoms with Gasteiger partial charge < -0.3 is 4.90 Å². The second-order valence-electron chi connectivity index (χ2n) is 6.55. The van der Waals surface area contributed by atoms with Gasteiger partial charge in [-0.05, 0) is 42.2 Å². The predicted molar refractivity (Wildman–Crippen MR) is 93.1 cm³/mol. The average molecular weight is 358 g/mol. The van der Waals surface area contributed by atoms with Gasteiger partial charge in [-0.2, -0.15) is 0 Å². The van der Waals surface area contributed by atoms with Crippen molar-refractivity contribution < 1.29 is 4.79 Å². The summed E-state index contributed by atoms with van der Waals surface area (Å²) in [4.78, 5) is 15.2. The van der Waals surface area contributed by atoms with E-state index in [-0.39, 0.29) is 11.9 Å². The second kappa shape index (κ2) is 5.38. The molecule has 1 aliphatic carbocycles. The molecule has 3 heteroatoms. The van der Waals surface area contributed by atoms with Crippen LogP contribution in [0.5, 0.6) is 0 Å². The average Bonchev–Trinajstić information content (AvgIpc) is 2.80. The Hall–Kier alpha value is -1.35. The molecule has 22 heavy (non-hydrogen) atoms. The normalized spacial score (nSPS) is 22.4. The standard InChI is InChI=1S/C19H20BrNO/c1-12-18-15-10-6-5-9-14(15)17(20)11-16(18)19(22)21(12)13-7-3-2-4-8-13/h5-6,9-13H,2-4,7-8H2,1H3. The zero-order valence-electron chi connectivity index (χ0n) is 12.8. The van der Waals surface area contributed by atoms with Crippen LogP contribution in [-0.4, -0.2) is 16.8 Å². The molecule has 0 spiro atoms. The van der Waals surface area contributed by atoms with Crippen LogP contribution >= 0.6 is 15.9 Å². The highest BCUT2D eigenvalue weighted by molar-refractivity contribution is 9.10. The minimum atomic E-state index is 0.184. The van der Waals surface area contributed by atoms with Crippen LogP contribution in [0, 0.1) is 0 Å². The number of carbonyl (C=O) groups is 1. The Morgan fingerprint density at radius 3 is 2.50 bits per heavy atom. The number of hydrogen-bond donors (Lipinski definition) is 0. The number of nitrogens with zero attached hydrogens (tertiary/aromatic N) is 1. The molecule has 1 amide bonds. The highest BCUT2D eigenvalue weighted by atomic mass is 79.9. The maximum absolute atomic E-state index is 13.0. The van der Waals surface area contributed by atoms with E-state index in [1.54, 1.807) is 0 Å². The number of benzene rings is 2. The zero-order chi connectivity index (χ0) is 15.3. The highest BCUT2D eigenvalue weighted by Gasteiger charge is 2.39. The zero-order valence-corrected chi connectivity index (χ0v) is 14.4.